The number of amides is 2. The Labute approximate surface area is 142 Å². The van der Waals surface area contributed by atoms with Crippen LogP contribution in [0.2, 0.25) is 0 Å². The highest BCUT2D eigenvalue weighted by atomic mass is 19.1. The molecule has 0 saturated carbocycles. The van der Waals surface area contributed by atoms with Crippen LogP contribution in [0.15, 0.2) is 24.3 Å². The quantitative estimate of drug-likeness (QED) is 0.835. The second-order valence-electron chi connectivity index (χ2n) is 7.21. The number of halogens is 1. The summed E-state index contributed by atoms with van der Waals surface area (Å²) in [5.74, 6) is 0.0597. The maximum Gasteiger partial charge on any atom is 0.254 e. The Morgan fingerprint density at radius 3 is 2.71 bits per heavy atom. The highest BCUT2D eigenvalue weighted by molar-refractivity contribution is 5.94. The third-order valence-corrected chi connectivity index (χ3v) is 5.21. The molecule has 1 aromatic rings. The minimum Gasteiger partial charge on any atom is -0.342 e. The van der Waals surface area contributed by atoms with E-state index in [4.69, 9.17) is 0 Å². The number of benzene rings is 1. The molecule has 0 bridgehead atoms. The molecule has 130 valence electrons. The zero-order chi connectivity index (χ0) is 17.3. The summed E-state index contributed by atoms with van der Waals surface area (Å²) < 4.78 is 13.4. The zero-order valence-corrected chi connectivity index (χ0v) is 14.4. The summed E-state index contributed by atoms with van der Waals surface area (Å²) in [7, 11) is 0. The largest absolute Gasteiger partial charge is 0.342 e. The van der Waals surface area contributed by atoms with Crippen molar-refractivity contribution in [2.24, 2.45) is 11.8 Å². The van der Waals surface area contributed by atoms with E-state index >= 15 is 0 Å². The number of hydrogen-bond acceptors (Lipinski definition) is 2. The van der Waals surface area contributed by atoms with Gasteiger partial charge in [-0.1, -0.05) is 19.9 Å². The molecule has 0 spiro atoms. The molecule has 1 aromatic carbocycles. The lowest BCUT2D eigenvalue weighted by atomic mass is 9.83. The van der Waals surface area contributed by atoms with E-state index in [1.165, 1.54) is 12.1 Å². The lowest BCUT2D eigenvalue weighted by Gasteiger charge is -2.47. The van der Waals surface area contributed by atoms with Gasteiger partial charge in [-0.3, -0.25) is 9.59 Å². The first-order valence-corrected chi connectivity index (χ1v) is 8.82. The van der Waals surface area contributed by atoms with E-state index in [0.717, 1.165) is 25.8 Å². The second kappa shape index (κ2) is 6.91. The molecule has 2 fully saturated rings. The summed E-state index contributed by atoms with van der Waals surface area (Å²) in [5.41, 5.74) is 0.413. The van der Waals surface area contributed by atoms with Gasteiger partial charge < -0.3 is 9.80 Å². The van der Waals surface area contributed by atoms with E-state index in [-0.39, 0.29) is 29.6 Å². The van der Waals surface area contributed by atoms with Gasteiger partial charge in [0.25, 0.3) is 5.91 Å². The smallest absolute Gasteiger partial charge is 0.254 e. The predicted octanol–water partition coefficient (Wildman–Crippen LogP) is 2.93. The minimum atomic E-state index is -0.383. The molecule has 4 nitrogen and oxygen atoms in total. The molecule has 24 heavy (non-hydrogen) atoms. The Bertz CT molecular complexity index is 632. The number of rotatable bonds is 2. The SMILES string of the molecule is CC(C)C(=O)N1CC[C@@H]2[C@H](CCCN2C(=O)c2cccc(F)c2)C1. The lowest BCUT2D eigenvalue weighted by molar-refractivity contribution is -0.137. The van der Waals surface area contributed by atoms with Crippen LogP contribution < -0.4 is 0 Å². The molecule has 0 aliphatic carbocycles. The van der Waals surface area contributed by atoms with Crippen molar-refractivity contribution in [1.29, 1.82) is 0 Å². The summed E-state index contributed by atoms with van der Waals surface area (Å²) in [6, 6.07) is 6.07. The van der Waals surface area contributed by atoms with Crippen LogP contribution >= 0.6 is 0 Å². The van der Waals surface area contributed by atoms with Crippen molar-refractivity contribution in [1.82, 2.24) is 9.80 Å². The minimum absolute atomic E-state index is 0.00942. The van der Waals surface area contributed by atoms with Gasteiger partial charge in [0.05, 0.1) is 0 Å². The van der Waals surface area contributed by atoms with Crippen molar-refractivity contribution >= 4 is 11.8 Å². The van der Waals surface area contributed by atoms with Gasteiger partial charge in [-0.2, -0.15) is 0 Å². The van der Waals surface area contributed by atoms with Crippen molar-refractivity contribution in [2.45, 2.75) is 39.2 Å². The average Bonchev–Trinajstić information content (AvgIpc) is 2.59. The maximum absolute atomic E-state index is 13.4. The van der Waals surface area contributed by atoms with Crippen LogP contribution in [0.3, 0.4) is 0 Å². The number of piperidine rings is 2. The highest BCUT2D eigenvalue weighted by Crippen LogP contribution is 2.32. The number of carbonyl (C=O) groups excluding carboxylic acids is 2. The molecule has 5 heteroatoms. The van der Waals surface area contributed by atoms with Crippen LogP contribution in [0.1, 0.15) is 43.5 Å². The molecule has 2 aliphatic heterocycles. The lowest BCUT2D eigenvalue weighted by Crippen LogP contribution is -2.57. The fourth-order valence-electron chi connectivity index (χ4n) is 4.01. The first kappa shape index (κ1) is 16.9. The topological polar surface area (TPSA) is 40.6 Å². The Morgan fingerprint density at radius 1 is 1.21 bits per heavy atom. The van der Waals surface area contributed by atoms with Crippen LogP contribution in [0.25, 0.3) is 0 Å². The van der Waals surface area contributed by atoms with Gasteiger partial charge in [0.1, 0.15) is 5.82 Å². The Hall–Kier alpha value is -1.91. The van der Waals surface area contributed by atoms with Crippen LogP contribution in [-0.2, 0) is 4.79 Å². The molecule has 0 aromatic heterocycles. The van der Waals surface area contributed by atoms with E-state index in [0.29, 0.717) is 24.6 Å². The highest BCUT2D eigenvalue weighted by Gasteiger charge is 2.39. The number of hydrogen-bond donors (Lipinski definition) is 0. The number of nitrogens with zero attached hydrogens (tertiary/aromatic N) is 2. The molecule has 2 heterocycles. The molecule has 2 saturated heterocycles. The molecule has 2 aliphatic rings. The second-order valence-corrected chi connectivity index (χ2v) is 7.21. The van der Waals surface area contributed by atoms with Gasteiger partial charge in [0.15, 0.2) is 0 Å². The number of likely N-dealkylation sites (tertiary alicyclic amines) is 2. The molecular formula is C19H25FN2O2. The summed E-state index contributed by atoms with van der Waals surface area (Å²) in [5, 5.41) is 0. The summed E-state index contributed by atoms with van der Waals surface area (Å²) in [6.07, 6.45) is 2.79. The monoisotopic (exact) mass is 332 g/mol. The van der Waals surface area contributed by atoms with Crippen LogP contribution in [-0.4, -0.2) is 47.3 Å². The van der Waals surface area contributed by atoms with Crippen molar-refractivity contribution < 1.29 is 14.0 Å². The molecule has 2 atom stereocenters. The summed E-state index contributed by atoms with van der Waals surface area (Å²) in [4.78, 5) is 28.9. The average molecular weight is 332 g/mol. The predicted molar refractivity (Wildman–Crippen MR) is 90.0 cm³/mol. The maximum atomic E-state index is 13.4. The van der Waals surface area contributed by atoms with Crippen LogP contribution in [0, 0.1) is 17.7 Å². The van der Waals surface area contributed by atoms with Gasteiger partial charge in [-0.15, -0.1) is 0 Å². The third-order valence-electron chi connectivity index (χ3n) is 5.21. The molecule has 3 rings (SSSR count). The van der Waals surface area contributed by atoms with Gasteiger partial charge in [0, 0.05) is 37.2 Å². The van der Waals surface area contributed by atoms with E-state index in [9.17, 15) is 14.0 Å². The van der Waals surface area contributed by atoms with Crippen molar-refractivity contribution in [2.75, 3.05) is 19.6 Å². The van der Waals surface area contributed by atoms with Crippen molar-refractivity contribution in [3.8, 4) is 0 Å². The van der Waals surface area contributed by atoms with Gasteiger partial charge in [-0.05, 0) is 43.4 Å². The molecular weight excluding hydrogens is 307 g/mol. The summed E-state index contributed by atoms with van der Waals surface area (Å²) >= 11 is 0. The fraction of sp³-hybridized carbons (Fsp3) is 0.579. The third kappa shape index (κ3) is 3.30. The Balaban J connectivity index is 1.73. The van der Waals surface area contributed by atoms with E-state index in [1.807, 2.05) is 23.6 Å². The zero-order valence-electron chi connectivity index (χ0n) is 14.4. The Kier molecular flexibility index (Phi) is 4.88. The van der Waals surface area contributed by atoms with Gasteiger partial charge >= 0.3 is 0 Å². The van der Waals surface area contributed by atoms with E-state index in [2.05, 4.69) is 0 Å². The molecule has 0 unspecified atom stereocenters. The number of fused-ring (bicyclic) bond motifs is 1. The molecule has 0 radical (unpaired) electrons. The van der Waals surface area contributed by atoms with Gasteiger partial charge in [-0.25, -0.2) is 4.39 Å². The van der Waals surface area contributed by atoms with Crippen molar-refractivity contribution in [3.05, 3.63) is 35.6 Å². The van der Waals surface area contributed by atoms with Crippen LogP contribution in [0.4, 0.5) is 4.39 Å². The van der Waals surface area contributed by atoms with Crippen LogP contribution in [0.5, 0.6) is 0 Å². The van der Waals surface area contributed by atoms with Crippen molar-refractivity contribution in [3.63, 3.8) is 0 Å². The summed E-state index contributed by atoms with van der Waals surface area (Å²) in [6.45, 7) is 6.00. The van der Waals surface area contributed by atoms with Gasteiger partial charge in [0.2, 0.25) is 5.91 Å². The number of carbonyl (C=O) groups is 2. The molecule has 2 amide bonds. The fourth-order valence-corrected chi connectivity index (χ4v) is 4.01. The first-order valence-electron chi connectivity index (χ1n) is 8.82. The standard InChI is InChI=1S/C19H25FN2O2/c1-13(2)18(23)21-10-8-17-15(12-21)6-4-9-22(17)19(24)14-5-3-7-16(20)11-14/h3,5,7,11,13,15,17H,4,6,8-10,12H2,1-2H3/t15-,17-/m1/s1. The van der Waals surface area contributed by atoms with E-state index < -0.39 is 0 Å². The molecule has 0 N–H and O–H groups in total. The van der Waals surface area contributed by atoms with E-state index in [1.54, 1.807) is 12.1 Å². The Morgan fingerprint density at radius 2 is 2.00 bits per heavy atom. The normalized spacial score (nSPS) is 24.0. The first-order chi connectivity index (χ1) is 11.5.